The van der Waals surface area contributed by atoms with Gasteiger partial charge in [0.2, 0.25) is 0 Å². The van der Waals surface area contributed by atoms with Crippen molar-refractivity contribution in [2.24, 2.45) is 0 Å². The fraction of sp³-hybridized carbons (Fsp3) is 0.556. The lowest BCUT2D eigenvalue weighted by molar-refractivity contribution is 0.190. The number of aromatic nitrogens is 5. The van der Waals surface area contributed by atoms with Gasteiger partial charge in [0.05, 0.1) is 29.2 Å². The van der Waals surface area contributed by atoms with Crippen LogP contribution in [0.4, 0.5) is 0 Å². The highest BCUT2D eigenvalue weighted by atomic mass is 35.5. The van der Waals surface area contributed by atoms with E-state index < -0.39 is 0 Å². The Hall–Kier alpha value is -2.03. The maximum absolute atomic E-state index is 5.63. The molecule has 0 saturated carbocycles. The monoisotopic (exact) mass is 391 g/mol. The summed E-state index contributed by atoms with van der Waals surface area (Å²) in [6, 6.07) is 2.41. The second kappa shape index (κ2) is 7.92. The Morgan fingerprint density at radius 1 is 1.37 bits per heavy atom. The summed E-state index contributed by atoms with van der Waals surface area (Å²) >= 11 is 0. The van der Waals surface area contributed by atoms with Gasteiger partial charge >= 0.3 is 0 Å². The Kier molecular flexibility index (Phi) is 5.78. The number of fused-ring (bicyclic) bond motifs is 1. The third-order valence-corrected chi connectivity index (χ3v) is 5.18. The zero-order valence-electron chi connectivity index (χ0n) is 16.1. The van der Waals surface area contributed by atoms with Crippen LogP contribution < -0.4 is 5.32 Å². The van der Waals surface area contributed by atoms with Gasteiger partial charge in [0.1, 0.15) is 0 Å². The molecule has 146 valence electrons. The van der Waals surface area contributed by atoms with E-state index in [2.05, 4.69) is 41.4 Å². The average Bonchev–Trinajstić information content (AvgIpc) is 3.28. The van der Waals surface area contributed by atoms with Gasteiger partial charge < -0.3 is 9.84 Å². The first-order valence-corrected chi connectivity index (χ1v) is 9.18. The Labute approximate surface area is 164 Å². The highest BCUT2D eigenvalue weighted by Gasteiger charge is 2.26. The van der Waals surface area contributed by atoms with E-state index >= 15 is 0 Å². The number of halogens is 1. The predicted molar refractivity (Wildman–Crippen MR) is 106 cm³/mol. The number of aryl methyl sites for hydroxylation is 1. The number of hydrogen-bond acceptors (Lipinski definition) is 7. The summed E-state index contributed by atoms with van der Waals surface area (Å²) in [4.78, 5) is 11.6. The molecule has 3 aromatic rings. The van der Waals surface area contributed by atoms with Crippen molar-refractivity contribution in [3.05, 3.63) is 23.8 Å². The summed E-state index contributed by atoms with van der Waals surface area (Å²) in [5.74, 6) is 1.24. The van der Waals surface area contributed by atoms with Gasteiger partial charge in [0, 0.05) is 25.3 Å². The topological polar surface area (TPSA) is 84.9 Å². The number of nitrogens with one attached hydrogen (secondary N) is 1. The van der Waals surface area contributed by atoms with Crippen molar-refractivity contribution >= 4 is 23.4 Å². The number of piperazine rings is 1. The van der Waals surface area contributed by atoms with Crippen molar-refractivity contribution < 1.29 is 4.52 Å². The minimum Gasteiger partial charge on any atom is -0.334 e. The Morgan fingerprint density at radius 2 is 2.19 bits per heavy atom. The molecule has 1 fully saturated rings. The molecule has 1 aliphatic heterocycles. The molecule has 4 rings (SSSR count). The molecule has 0 aliphatic carbocycles. The SMILES string of the molecule is CCC(C)n1ncc2c(-c3nc(C4CNCCN4C)no3)cc(C)nc21.Cl. The molecule has 2 unspecified atom stereocenters. The van der Waals surface area contributed by atoms with Crippen LogP contribution in [0.3, 0.4) is 0 Å². The van der Waals surface area contributed by atoms with Crippen LogP contribution in [0.15, 0.2) is 16.8 Å². The van der Waals surface area contributed by atoms with Crippen LogP contribution in [-0.4, -0.2) is 56.5 Å². The van der Waals surface area contributed by atoms with Crippen molar-refractivity contribution in [2.45, 2.75) is 39.3 Å². The maximum Gasteiger partial charge on any atom is 0.258 e. The Bertz CT molecular complexity index is 922. The van der Waals surface area contributed by atoms with E-state index in [0.29, 0.717) is 11.7 Å². The molecule has 0 aromatic carbocycles. The van der Waals surface area contributed by atoms with Gasteiger partial charge in [0.25, 0.3) is 5.89 Å². The molecular formula is C18H26ClN7O. The standard InChI is InChI=1S/C18H25N7O.ClH/c1-5-12(3)25-17-14(9-20-25)13(8-11(2)21-17)18-22-16(23-26-18)15-10-19-6-7-24(15)4;/h8-9,12,15,19H,5-7,10H2,1-4H3;1H. The fourth-order valence-electron chi connectivity index (χ4n) is 3.39. The Balaban J connectivity index is 0.00000210. The van der Waals surface area contributed by atoms with Gasteiger partial charge in [-0.25, -0.2) is 9.67 Å². The van der Waals surface area contributed by atoms with Crippen LogP contribution in [-0.2, 0) is 0 Å². The molecule has 0 spiro atoms. The van der Waals surface area contributed by atoms with Gasteiger partial charge in [-0.15, -0.1) is 12.4 Å². The quantitative estimate of drug-likeness (QED) is 0.731. The van der Waals surface area contributed by atoms with Crippen LogP contribution in [0.25, 0.3) is 22.5 Å². The van der Waals surface area contributed by atoms with Crippen LogP contribution in [0.5, 0.6) is 0 Å². The van der Waals surface area contributed by atoms with E-state index in [1.807, 2.05) is 23.9 Å². The van der Waals surface area contributed by atoms with Gasteiger partial charge in [0.15, 0.2) is 11.5 Å². The Morgan fingerprint density at radius 3 is 2.93 bits per heavy atom. The second-order valence-electron chi connectivity index (χ2n) is 7.05. The number of likely N-dealkylation sites (N-methyl/N-ethyl adjacent to an activating group) is 1. The van der Waals surface area contributed by atoms with Crippen molar-refractivity contribution in [3.63, 3.8) is 0 Å². The summed E-state index contributed by atoms with van der Waals surface area (Å²) < 4.78 is 7.61. The van der Waals surface area contributed by atoms with Crippen LogP contribution in [0.2, 0.25) is 0 Å². The highest BCUT2D eigenvalue weighted by Crippen LogP contribution is 2.30. The largest absolute Gasteiger partial charge is 0.334 e. The van der Waals surface area contributed by atoms with Gasteiger partial charge in [-0.1, -0.05) is 12.1 Å². The van der Waals surface area contributed by atoms with Crippen molar-refractivity contribution in [2.75, 3.05) is 26.7 Å². The number of pyridine rings is 1. The average molecular weight is 392 g/mol. The lowest BCUT2D eigenvalue weighted by Gasteiger charge is -2.30. The summed E-state index contributed by atoms with van der Waals surface area (Å²) in [7, 11) is 2.09. The fourth-order valence-corrected chi connectivity index (χ4v) is 3.39. The van der Waals surface area contributed by atoms with Gasteiger partial charge in [-0.05, 0) is 33.4 Å². The predicted octanol–water partition coefficient (Wildman–Crippen LogP) is 2.76. The van der Waals surface area contributed by atoms with E-state index in [0.717, 1.165) is 48.3 Å². The maximum atomic E-state index is 5.63. The molecule has 1 N–H and O–H groups in total. The summed E-state index contributed by atoms with van der Waals surface area (Å²) in [6.07, 6.45) is 2.84. The molecule has 27 heavy (non-hydrogen) atoms. The molecule has 9 heteroatoms. The molecule has 2 atom stereocenters. The van der Waals surface area contributed by atoms with Crippen LogP contribution >= 0.6 is 12.4 Å². The van der Waals surface area contributed by atoms with Gasteiger partial charge in [-0.3, -0.25) is 4.90 Å². The number of rotatable bonds is 4. The third-order valence-electron chi connectivity index (χ3n) is 5.18. The van der Waals surface area contributed by atoms with E-state index in [9.17, 15) is 0 Å². The lowest BCUT2D eigenvalue weighted by Crippen LogP contribution is -2.44. The van der Waals surface area contributed by atoms with E-state index in [4.69, 9.17) is 14.5 Å². The van der Waals surface area contributed by atoms with E-state index in [-0.39, 0.29) is 24.5 Å². The van der Waals surface area contributed by atoms with Crippen molar-refractivity contribution in [3.8, 4) is 11.5 Å². The first-order chi connectivity index (χ1) is 12.6. The van der Waals surface area contributed by atoms with Gasteiger partial charge in [-0.2, -0.15) is 10.1 Å². The summed E-state index contributed by atoms with van der Waals surface area (Å²) in [5.41, 5.74) is 2.67. The first kappa shape index (κ1) is 19.7. The molecule has 8 nitrogen and oxygen atoms in total. The zero-order valence-corrected chi connectivity index (χ0v) is 17.0. The third kappa shape index (κ3) is 3.56. The highest BCUT2D eigenvalue weighted by molar-refractivity contribution is 5.90. The van der Waals surface area contributed by atoms with E-state index in [1.54, 1.807) is 0 Å². The zero-order chi connectivity index (χ0) is 18.3. The number of hydrogen-bond donors (Lipinski definition) is 1. The van der Waals surface area contributed by atoms with E-state index in [1.165, 1.54) is 0 Å². The smallest absolute Gasteiger partial charge is 0.258 e. The molecule has 1 aliphatic rings. The van der Waals surface area contributed by atoms with Crippen molar-refractivity contribution in [1.29, 1.82) is 0 Å². The first-order valence-electron chi connectivity index (χ1n) is 9.18. The van der Waals surface area contributed by atoms with Crippen LogP contribution in [0.1, 0.15) is 43.9 Å². The summed E-state index contributed by atoms with van der Waals surface area (Å²) in [5, 5.41) is 13.1. The normalized spacial score (nSPS) is 19.2. The molecule has 3 aromatic heterocycles. The molecule has 0 radical (unpaired) electrons. The summed E-state index contributed by atoms with van der Waals surface area (Å²) in [6.45, 7) is 9.05. The molecule has 0 bridgehead atoms. The molecule has 0 amide bonds. The minimum absolute atomic E-state index is 0. The molecule has 1 saturated heterocycles. The lowest BCUT2D eigenvalue weighted by atomic mass is 10.1. The second-order valence-corrected chi connectivity index (χ2v) is 7.05. The minimum atomic E-state index is 0. The van der Waals surface area contributed by atoms with Crippen molar-refractivity contribution in [1.82, 2.24) is 35.1 Å². The number of nitrogens with zero attached hydrogens (tertiary/aromatic N) is 6. The van der Waals surface area contributed by atoms with Crippen LogP contribution in [0, 0.1) is 6.92 Å². The molecular weight excluding hydrogens is 366 g/mol. The molecule has 4 heterocycles.